The van der Waals surface area contributed by atoms with E-state index in [0.717, 1.165) is 36.2 Å². The standard InChI is InChI=1S/C26H33Cl2N3O5S/c1-4-24(26(33)29-19-8-5-6-9-19)30(16-18-12-13-22(27)23(28)14-18)25(32)17-31(37(3,34)35)20-10-7-11-21(15-20)36-2/h7,10-15,19,24H,4-6,8-9,16-17H2,1-3H3,(H,29,33). The Morgan fingerprint density at radius 3 is 2.41 bits per heavy atom. The molecule has 11 heteroatoms. The Kier molecular flexibility index (Phi) is 10.1. The van der Waals surface area contributed by atoms with Crippen LogP contribution in [0.4, 0.5) is 5.69 Å². The number of halogens is 2. The molecule has 0 radical (unpaired) electrons. The van der Waals surface area contributed by atoms with Gasteiger partial charge in [0.15, 0.2) is 0 Å². The van der Waals surface area contributed by atoms with Crippen molar-refractivity contribution in [2.75, 3.05) is 24.2 Å². The lowest BCUT2D eigenvalue weighted by molar-refractivity contribution is -0.140. The average molecular weight is 571 g/mol. The number of rotatable bonds is 11. The fraction of sp³-hybridized carbons (Fsp3) is 0.462. The Balaban J connectivity index is 1.94. The summed E-state index contributed by atoms with van der Waals surface area (Å²) in [6.45, 7) is 1.40. The lowest BCUT2D eigenvalue weighted by Crippen LogP contribution is -2.53. The molecule has 0 saturated heterocycles. The number of methoxy groups -OCH3 is 1. The largest absolute Gasteiger partial charge is 0.497 e. The van der Waals surface area contributed by atoms with Crippen LogP contribution in [0, 0.1) is 0 Å². The second-order valence-corrected chi connectivity index (χ2v) is 11.9. The molecule has 1 aliphatic rings. The van der Waals surface area contributed by atoms with Gasteiger partial charge in [-0.2, -0.15) is 0 Å². The predicted molar refractivity (Wildman–Crippen MR) is 147 cm³/mol. The maximum absolute atomic E-state index is 13.8. The maximum atomic E-state index is 13.8. The number of sulfonamides is 1. The normalized spacial score (nSPS) is 14.7. The van der Waals surface area contributed by atoms with Crippen LogP contribution in [0.2, 0.25) is 10.0 Å². The zero-order chi connectivity index (χ0) is 27.2. The van der Waals surface area contributed by atoms with Crippen molar-refractivity contribution in [3.63, 3.8) is 0 Å². The molecule has 0 heterocycles. The minimum Gasteiger partial charge on any atom is -0.497 e. The molecule has 0 aliphatic heterocycles. The van der Waals surface area contributed by atoms with Crippen molar-refractivity contribution in [2.45, 2.75) is 57.7 Å². The zero-order valence-corrected chi connectivity index (χ0v) is 23.6. The number of carbonyl (C=O) groups is 2. The molecule has 2 amide bonds. The average Bonchev–Trinajstić information content (AvgIpc) is 3.36. The van der Waals surface area contributed by atoms with E-state index in [2.05, 4.69) is 5.32 Å². The highest BCUT2D eigenvalue weighted by molar-refractivity contribution is 7.92. The van der Waals surface area contributed by atoms with Crippen molar-refractivity contribution in [1.82, 2.24) is 10.2 Å². The first kappa shape index (κ1) is 29.1. The summed E-state index contributed by atoms with van der Waals surface area (Å²) in [5, 5.41) is 3.77. The van der Waals surface area contributed by atoms with Gasteiger partial charge >= 0.3 is 0 Å². The number of hydrogen-bond acceptors (Lipinski definition) is 5. The molecule has 8 nitrogen and oxygen atoms in total. The van der Waals surface area contributed by atoms with Crippen LogP contribution in [0.25, 0.3) is 0 Å². The third kappa shape index (κ3) is 7.75. The third-order valence-electron chi connectivity index (χ3n) is 6.44. The van der Waals surface area contributed by atoms with E-state index in [1.54, 1.807) is 42.5 Å². The monoisotopic (exact) mass is 569 g/mol. The summed E-state index contributed by atoms with van der Waals surface area (Å²) in [7, 11) is -2.36. The summed E-state index contributed by atoms with van der Waals surface area (Å²) in [4.78, 5) is 28.5. The minimum absolute atomic E-state index is 0.0576. The van der Waals surface area contributed by atoms with Gasteiger partial charge in [0.2, 0.25) is 21.8 Å². The molecule has 2 aromatic rings. The van der Waals surface area contributed by atoms with Crippen LogP contribution >= 0.6 is 23.2 Å². The molecule has 202 valence electrons. The molecule has 1 aliphatic carbocycles. The van der Waals surface area contributed by atoms with Crippen molar-refractivity contribution in [3.05, 3.63) is 58.1 Å². The van der Waals surface area contributed by atoms with E-state index in [-0.39, 0.29) is 24.2 Å². The fourth-order valence-corrected chi connectivity index (χ4v) is 5.66. The summed E-state index contributed by atoms with van der Waals surface area (Å²) in [5.74, 6) is -0.323. The number of ether oxygens (including phenoxy) is 1. The second kappa shape index (κ2) is 12.8. The van der Waals surface area contributed by atoms with Crippen LogP contribution in [0.1, 0.15) is 44.6 Å². The quantitative estimate of drug-likeness (QED) is 0.425. The van der Waals surface area contributed by atoms with E-state index in [0.29, 0.717) is 27.8 Å². The molecule has 1 saturated carbocycles. The van der Waals surface area contributed by atoms with E-state index in [9.17, 15) is 18.0 Å². The van der Waals surface area contributed by atoms with Gasteiger partial charge in [0.1, 0.15) is 18.3 Å². The molecule has 0 spiro atoms. The first-order chi connectivity index (χ1) is 17.5. The molecule has 1 unspecified atom stereocenters. The van der Waals surface area contributed by atoms with Crippen molar-refractivity contribution in [1.29, 1.82) is 0 Å². The molecule has 37 heavy (non-hydrogen) atoms. The maximum Gasteiger partial charge on any atom is 0.244 e. The van der Waals surface area contributed by atoms with Crippen molar-refractivity contribution in [3.8, 4) is 5.75 Å². The van der Waals surface area contributed by atoms with E-state index in [1.165, 1.54) is 12.0 Å². The molecular weight excluding hydrogens is 537 g/mol. The minimum atomic E-state index is -3.84. The number of amides is 2. The number of nitrogens with one attached hydrogen (secondary N) is 1. The highest BCUT2D eigenvalue weighted by Crippen LogP contribution is 2.26. The van der Waals surface area contributed by atoms with Gasteiger partial charge in [-0.1, -0.05) is 55.1 Å². The summed E-state index contributed by atoms with van der Waals surface area (Å²) in [5.41, 5.74) is 0.954. The highest BCUT2D eigenvalue weighted by Gasteiger charge is 2.33. The SMILES string of the molecule is CCC(C(=O)NC1CCCC1)N(Cc1ccc(Cl)c(Cl)c1)C(=O)CN(c1cccc(OC)c1)S(C)(=O)=O. The molecule has 1 N–H and O–H groups in total. The molecular formula is C26H33Cl2N3O5S. The lowest BCUT2D eigenvalue weighted by Gasteiger charge is -2.33. The van der Waals surface area contributed by atoms with Gasteiger partial charge < -0.3 is 15.0 Å². The topological polar surface area (TPSA) is 96.0 Å². The predicted octanol–water partition coefficient (Wildman–Crippen LogP) is 4.63. The number of carbonyl (C=O) groups excluding carboxylic acids is 2. The van der Waals surface area contributed by atoms with Crippen LogP contribution in [0.15, 0.2) is 42.5 Å². The summed E-state index contributed by atoms with van der Waals surface area (Å²) >= 11 is 12.3. The number of benzene rings is 2. The van der Waals surface area contributed by atoms with Gasteiger partial charge in [0, 0.05) is 18.7 Å². The van der Waals surface area contributed by atoms with Crippen LogP contribution in [-0.2, 0) is 26.2 Å². The molecule has 2 aromatic carbocycles. The van der Waals surface area contributed by atoms with Crippen molar-refractivity contribution >= 4 is 50.7 Å². The second-order valence-electron chi connectivity index (χ2n) is 9.16. The van der Waals surface area contributed by atoms with Crippen LogP contribution < -0.4 is 14.4 Å². The molecule has 1 atom stereocenters. The Hall–Kier alpha value is -2.49. The van der Waals surface area contributed by atoms with Crippen molar-refractivity contribution in [2.24, 2.45) is 0 Å². The van der Waals surface area contributed by atoms with E-state index >= 15 is 0 Å². The van der Waals surface area contributed by atoms with E-state index < -0.39 is 28.5 Å². The smallest absolute Gasteiger partial charge is 0.244 e. The van der Waals surface area contributed by atoms with Crippen molar-refractivity contribution < 1.29 is 22.7 Å². The number of nitrogens with zero attached hydrogens (tertiary/aromatic N) is 2. The van der Waals surface area contributed by atoms with Gasteiger partial charge in [-0.15, -0.1) is 0 Å². The number of hydrogen-bond donors (Lipinski definition) is 1. The Morgan fingerprint density at radius 1 is 1.11 bits per heavy atom. The number of anilines is 1. The van der Waals surface area contributed by atoms with Gasteiger partial charge in [-0.05, 0) is 49.1 Å². The van der Waals surface area contributed by atoms with Crippen LogP contribution in [-0.4, -0.2) is 57.1 Å². The van der Waals surface area contributed by atoms with Gasteiger partial charge in [-0.3, -0.25) is 13.9 Å². The zero-order valence-electron chi connectivity index (χ0n) is 21.2. The van der Waals surface area contributed by atoms with E-state index in [1.807, 2.05) is 6.92 Å². The first-order valence-corrected chi connectivity index (χ1v) is 14.8. The Labute approximate surface area is 228 Å². The Bertz CT molecular complexity index is 1220. The third-order valence-corrected chi connectivity index (χ3v) is 8.32. The first-order valence-electron chi connectivity index (χ1n) is 12.2. The summed E-state index contributed by atoms with van der Waals surface area (Å²) in [6, 6.07) is 10.7. The molecule has 1 fully saturated rings. The molecule has 3 rings (SSSR count). The summed E-state index contributed by atoms with van der Waals surface area (Å²) < 4.78 is 31.7. The van der Waals surface area contributed by atoms with E-state index in [4.69, 9.17) is 27.9 Å². The van der Waals surface area contributed by atoms with Gasteiger partial charge in [0.05, 0.1) is 29.1 Å². The molecule has 0 aromatic heterocycles. The van der Waals surface area contributed by atoms with Gasteiger partial charge in [0.25, 0.3) is 0 Å². The van der Waals surface area contributed by atoms with Crippen LogP contribution in [0.5, 0.6) is 5.75 Å². The fourth-order valence-electron chi connectivity index (χ4n) is 4.50. The van der Waals surface area contributed by atoms with Crippen LogP contribution in [0.3, 0.4) is 0 Å². The lowest BCUT2D eigenvalue weighted by atomic mass is 10.1. The highest BCUT2D eigenvalue weighted by atomic mass is 35.5. The Morgan fingerprint density at radius 2 is 1.81 bits per heavy atom. The molecule has 0 bridgehead atoms. The summed E-state index contributed by atoms with van der Waals surface area (Å²) in [6.07, 6.45) is 5.30. The van der Waals surface area contributed by atoms with Gasteiger partial charge in [-0.25, -0.2) is 8.42 Å².